The molecule has 18 heavy (non-hydrogen) atoms. The van der Waals surface area contributed by atoms with Gasteiger partial charge in [-0.25, -0.2) is 0 Å². The summed E-state index contributed by atoms with van der Waals surface area (Å²) in [6.45, 7) is 0.796. The van der Waals surface area contributed by atoms with Crippen LogP contribution in [0.5, 0.6) is 0 Å². The summed E-state index contributed by atoms with van der Waals surface area (Å²) < 4.78 is 2.10. The summed E-state index contributed by atoms with van der Waals surface area (Å²) in [5, 5.41) is 15.8. The van der Waals surface area contributed by atoms with E-state index >= 15 is 0 Å². The highest BCUT2D eigenvalue weighted by Crippen LogP contribution is 2.23. The van der Waals surface area contributed by atoms with E-state index in [1.165, 1.54) is 5.56 Å². The highest BCUT2D eigenvalue weighted by molar-refractivity contribution is 7.07. The smallest absolute Gasteiger partial charge is 0.270 e. The van der Waals surface area contributed by atoms with E-state index in [1.54, 1.807) is 29.5 Å². The average Bonchev–Trinajstić information content (AvgIpc) is 2.99. The first-order valence-corrected chi connectivity index (χ1v) is 6.43. The summed E-state index contributed by atoms with van der Waals surface area (Å²) in [6, 6.07) is 8.96. The molecule has 0 unspecified atom stereocenters. The van der Waals surface area contributed by atoms with Crippen molar-refractivity contribution >= 4 is 27.9 Å². The zero-order valence-corrected chi connectivity index (χ0v) is 10.3. The molecule has 0 bridgehead atoms. The summed E-state index contributed by atoms with van der Waals surface area (Å²) in [4.78, 5) is 10.3. The minimum absolute atomic E-state index is 0.135. The molecule has 2 heterocycles. The van der Waals surface area contributed by atoms with Gasteiger partial charge in [-0.15, -0.1) is 0 Å². The lowest BCUT2D eigenvalue weighted by Crippen LogP contribution is -1.96. The van der Waals surface area contributed by atoms with Gasteiger partial charge in [0.15, 0.2) is 0 Å². The van der Waals surface area contributed by atoms with Crippen LogP contribution in [0.4, 0.5) is 5.69 Å². The number of aromatic nitrogens is 1. The molecule has 0 N–H and O–H groups in total. The number of hydrogen-bond donors (Lipinski definition) is 0. The van der Waals surface area contributed by atoms with Crippen LogP contribution >= 0.6 is 11.3 Å². The lowest BCUT2D eigenvalue weighted by atomic mass is 10.2. The molecule has 0 aliphatic heterocycles. The van der Waals surface area contributed by atoms with E-state index in [9.17, 15) is 10.1 Å². The molecule has 0 saturated heterocycles. The second-order valence-corrected chi connectivity index (χ2v) is 4.86. The van der Waals surface area contributed by atoms with Crippen LogP contribution in [-0.2, 0) is 6.54 Å². The molecule has 0 aliphatic carbocycles. The van der Waals surface area contributed by atoms with Gasteiger partial charge in [-0.05, 0) is 34.5 Å². The molecule has 0 atom stereocenters. The van der Waals surface area contributed by atoms with E-state index in [0.29, 0.717) is 0 Å². The molecule has 0 aliphatic rings. The number of nitro groups is 1. The maximum absolute atomic E-state index is 10.7. The molecule has 1 aromatic carbocycles. The van der Waals surface area contributed by atoms with Gasteiger partial charge >= 0.3 is 0 Å². The topological polar surface area (TPSA) is 48.1 Å². The minimum atomic E-state index is -0.365. The third kappa shape index (κ3) is 1.89. The highest BCUT2D eigenvalue weighted by atomic mass is 32.1. The summed E-state index contributed by atoms with van der Waals surface area (Å²) >= 11 is 1.67. The SMILES string of the molecule is O=[N+]([O-])c1ccc2c(ccn2Cc2ccsc2)c1. The molecule has 3 rings (SSSR count). The number of fused-ring (bicyclic) bond motifs is 1. The van der Waals surface area contributed by atoms with Crippen molar-refractivity contribution in [1.82, 2.24) is 4.57 Å². The highest BCUT2D eigenvalue weighted by Gasteiger charge is 2.08. The van der Waals surface area contributed by atoms with Crippen molar-refractivity contribution in [3.05, 3.63) is 63.0 Å². The van der Waals surface area contributed by atoms with Gasteiger partial charge < -0.3 is 4.57 Å². The Morgan fingerprint density at radius 2 is 2.17 bits per heavy atom. The van der Waals surface area contributed by atoms with Crippen LogP contribution in [0.15, 0.2) is 47.3 Å². The molecule has 0 spiro atoms. The fourth-order valence-electron chi connectivity index (χ4n) is 2.02. The molecule has 5 heteroatoms. The number of nitro benzene ring substituents is 1. The Morgan fingerprint density at radius 3 is 2.89 bits per heavy atom. The van der Waals surface area contributed by atoms with Crippen molar-refractivity contribution in [3.63, 3.8) is 0 Å². The van der Waals surface area contributed by atoms with Gasteiger partial charge in [0.25, 0.3) is 5.69 Å². The van der Waals surface area contributed by atoms with Gasteiger partial charge in [-0.1, -0.05) is 0 Å². The van der Waals surface area contributed by atoms with E-state index in [4.69, 9.17) is 0 Å². The number of non-ortho nitro benzene ring substituents is 1. The fourth-order valence-corrected chi connectivity index (χ4v) is 2.68. The zero-order valence-electron chi connectivity index (χ0n) is 9.45. The Morgan fingerprint density at radius 1 is 1.28 bits per heavy atom. The van der Waals surface area contributed by atoms with E-state index in [0.717, 1.165) is 17.4 Å². The summed E-state index contributed by atoms with van der Waals surface area (Å²) in [5.41, 5.74) is 2.40. The Labute approximate surface area is 107 Å². The maximum Gasteiger partial charge on any atom is 0.270 e. The van der Waals surface area contributed by atoms with Crippen LogP contribution in [0, 0.1) is 10.1 Å². The first-order chi connectivity index (χ1) is 8.74. The lowest BCUT2D eigenvalue weighted by molar-refractivity contribution is -0.384. The van der Waals surface area contributed by atoms with Crippen LogP contribution in [0.1, 0.15) is 5.56 Å². The zero-order chi connectivity index (χ0) is 12.5. The monoisotopic (exact) mass is 258 g/mol. The van der Waals surface area contributed by atoms with Crippen LogP contribution in [0.3, 0.4) is 0 Å². The Balaban J connectivity index is 2.02. The van der Waals surface area contributed by atoms with Crippen molar-refractivity contribution in [1.29, 1.82) is 0 Å². The molecule has 3 aromatic rings. The number of nitrogens with zero attached hydrogens (tertiary/aromatic N) is 2. The summed E-state index contributed by atoms with van der Waals surface area (Å²) in [5.74, 6) is 0. The first-order valence-electron chi connectivity index (χ1n) is 5.48. The molecular weight excluding hydrogens is 248 g/mol. The predicted octanol–water partition coefficient (Wildman–Crippen LogP) is 3.66. The molecular formula is C13H10N2O2S. The van der Waals surface area contributed by atoms with Crippen molar-refractivity contribution in [3.8, 4) is 0 Å². The summed E-state index contributed by atoms with van der Waals surface area (Å²) in [7, 11) is 0. The second kappa shape index (κ2) is 4.27. The van der Waals surface area contributed by atoms with E-state index in [2.05, 4.69) is 16.0 Å². The van der Waals surface area contributed by atoms with Crippen molar-refractivity contribution < 1.29 is 4.92 Å². The van der Waals surface area contributed by atoms with Gasteiger partial charge in [0.05, 0.1) is 4.92 Å². The average molecular weight is 258 g/mol. The van der Waals surface area contributed by atoms with E-state index in [-0.39, 0.29) is 10.6 Å². The maximum atomic E-state index is 10.7. The van der Waals surface area contributed by atoms with Gasteiger partial charge in [0.2, 0.25) is 0 Å². The lowest BCUT2D eigenvalue weighted by Gasteiger charge is -2.03. The van der Waals surface area contributed by atoms with Gasteiger partial charge in [0, 0.05) is 35.8 Å². The Bertz CT molecular complexity index is 701. The van der Waals surface area contributed by atoms with Crippen LogP contribution < -0.4 is 0 Å². The molecule has 90 valence electrons. The third-order valence-electron chi connectivity index (χ3n) is 2.90. The van der Waals surface area contributed by atoms with Crippen molar-refractivity contribution in [2.75, 3.05) is 0 Å². The Kier molecular flexibility index (Phi) is 2.60. The quantitative estimate of drug-likeness (QED) is 0.531. The molecule has 0 radical (unpaired) electrons. The number of rotatable bonds is 3. The number of benzene rings is 1. The van der Waals surface area contributed by atoms with Gasteiger partial charge in [0.1, 0.15) is 0 Å². The summed E-state index contributed by atoms with van der Waals surface area (Å²) in [6.07, 6.45) is 1.96. The molecule has 4 nitrogen and oxygen atoms in total. The fraction of sp³-hybridized carbons (Fsp3) is 0.0769. The van der Waals surface area contributed by atoms with Crippen molar-refractivity contribution in [2.24, 2.45) is 0 Å². The minimum Gasteiger partial charge on any atom is -0.343 e. The standard InChI is InChI=1S/C13H10N2O2S/c16-15(17)12-1-2-13-11(7-12)3-5-14(13)8-10-4-6-18-9-10/h1-7,9H,8H2. The molecule has 0 amide bonds. The van der Waals surface area contributed by atoms with Gasteiger partial charge in [-0.2, -0.15) is 11.3 Å². The number of thiophene rings is 1. The third-order valence-corrected chi connectivity index (χ3v) is 3.63. The van der Waals surface area contributed by atoms with Gasteiger partial charge in [-0.3, -0.25) is 10.1 Å². The second-order valence-electron chi connectivity index (χ2n) is 4.08. The van der Waals surface area contributed by atoms with Crippen LogP contribution in [0.2, 0.25) is 0 Å². The number of hydrogen-bond acceptors (Lipinski definition) is 3. The van der Waals surface area contributed by atoms with Crippen LogP contribution in [0.25, 0.3) is 10.9 Å². The normalized spacial score (nSPS) is 10.9. The largest absolute Gasteiger partial charge is 0.343 e. The van der Waals surface area contributed by atoms with Crippen LogP contribution in [-0.4, -0.2) is 9.49 Å². The predicted molar refractivity (Wildman–Crippen MR) is 72.0 cm³/mol. The first kappa shape index (κ1) is 11.0. The molecule has 0 fully saturated rings. The molecule has 2 aromatic heterocycles. The van der Waals surface area contributed by atoms with Crippen molar-refractivity contribution in [2.45, 2.75) is 6.54 Å². The molecule has 0 saturated carbocycles. The van der Waals surface area contributed by atoms with E-state index in [1.807, 2.05) is 17.6 Å². The Hall–Kier alpha value is -2.14. The van der Waals surface area contributed by atoms with E-state index < -0.39 is 0 Å².